The number of hydrogen-bond acceptors (Lipinski definition) is 2. The van der Waals surface area contributed by atoms with Gasteiger partial charge in [-0.25, -0.2) is 0 Å². The standard InChI is InChI=1S/C17H34N2/c1-14(2)7-6-8-17-9-11-19(12-10-17)13-16(5)18-15(3)4/h14-15,17-18H,5-13H2,1-4H3. The highest BCUT2D eigenvalue weighted by Gasteiger charge is 2.19. The van der Waals surface area contributed by atoms with Crippen LogP contribution in [-0.4, -0.2) is 30.6 Å². The molecule has 19 heavy (non-hydrogen) atoms. The van der Waals surface area contributed by atoms with E-state index < -0.39 is 0 Å². The molecule has 2 nitrogen and oxygen atoms in total. The minimum Gasteiger partial charge on any atom is -0.386 e. The number of likely N-dealkylation sites (tertiary alicyclic amines) is 1. The Labute approximate surface area is 120 Å². The molecule has 1 N–H and O–H groups in total. The first-order valence-electron chi connectivity index (χ1n) is 8.14. The van der Waals surface area contributed by atoms with Gasteiger partial charge in [0.2, 0.25) is 0 Å². The third kappa shape index (κ3) is 7.61. The van der Waals surface area contributed by atoms with Crippen molar-refractivity contribution < 1.29 is 0 Å². The molecule has 1 rings (SSSR count). The lowest BCUT2D eigenvalue weighted by Crippen LogP contribution is -2.38. The number of piperidine rings is 1. The van der Waals surface area contributed by atoms with Crippen molar-refractivity contribution in [3.05, 3.63) is 12.3 Å². The highest BCUT2D eigenvalue weighted by atomic mass is 15.1. The van der Waals surface area contributed by atoms with Crippen molar-refractivity contribution in [3.63, 3.8) is 0 Å². The molecule has 0 aromatic rings. The molecular formula is C17H34N2. The minimum atomic E-state index is 0.501. The van der Waals surface area contributed by atoms with E-state index in [0.717, 1.165) is 18.4 Å². The number of hydrogen-bond donors (Lipinski definition) is 1. The van der Waals surface area contributed by atoms with Gasteiger partial charge in [0.15, 0.2) is 0 Å². The molecule has 0 bridgehead atoms. The fraction of sp³-hybridized carbons (Fsp3) is 0.882. The second-order valence-electron chi connectivity index (χ2n) is 6.95. The lowest BCUT2D eigenvalue weighted by Gasteiger charge is -2.33. The first-order valence-corrected chi connectivity index (χ1v) is 8.14. The summed E-state index contributed by atoms with van der Waals surface area (Å²) in [6, 6.07) is 0.501. The van der Waals surface area contributed by atoms with Crippen molar-refractivity contribution in [2.45, 2.75) is 65.8 Å². The van der Waals surface area contributed by atoms with Crippen LogP contribution < -0.4 is 5.32 Å². The Morgan fingerprint density at radius 1 is 1.21 bits per heavy atom. The third-order valence-corrected chi connectivity index (χ3v) is 4.01. The molecule has 0 aliphatic carbocycles. The lowest BCUT2D eigenvalue weighted by atomic mass is 9.90. The smallest absolute Gasteiger partial charge is 0.0375 e. The Morgan fingerprint density at radius 3 is 2.37 bits per heavy atom. The zero-order valence-electron chi connectivity index (χ0n) is 13.5. The second kappa shape index (κ2) is 8.63. The van der Waals surface area contributed by atoms with Crippen molar-refractivity contribution in [3.8, 4) is 0 Å². The van der Waals surface area contributed by atoms with Gasteiger partial charge in [0.1, 0.15) is 0 Å². The molecule has 0 aromatic heterocycles. The summed E-state index contributed by atoms with van der Waals surface area (Å²) < 4.78 is 0. The van der Waals surface area contributed by atoms with Crippen LogP contribution in [0, 0.1) is 11.8 Å². The summed E-state index contributed by atoms with van der Waals surface area (Å²) in [7, 11) is 0. The average Bonchev–Trinajstić information content (AvgIpc) is 2.29. The van der Waals surface area contributed by atoms with Crippen molar-refractivity contribution in [1.82, 2.24) is 10.2 Å². The van der Waals surface area contributed by atoms with Gasteiger partial charge in [-0.15, -0.1) is 0 Å². The van der Waals surface area contributed by atoms with E-state index in [1.807, 2.05) is 0 Å². The fourth-order valence-corrected chi connectivity index (χ4v) is 2.97. The molecule has 0 unspecified atom stereocenters. The van der Waals surface area contributed by atoms with Crippen LogP contribution in [0.15, 0.2) is 12.3 Å². The Hall–Kier alpha value is -0.500. The van der Waals surface area contributed by atoms with E-state index in [4.69, 9.17) is 0 Å². The maximum absolute atomic E-state index is 4.12. The SMILES string of the molecule is C=C(CN1CCC(CCCC(C)C)CC1)NC(C)C. The van der Waals surface area contributed by atoms with Gasteiger partial charge >= 0.3 is 0 Å². The molecule has 1 aliphatic rings. The molecular weight excluding hydrogens is 232 g/mol. The minimum absolute atomic E-state index is 0.501. The quantitative estimate of drug-likeness (QED) is 0.713. The maximum atomic E-state index is 4.12. The van der Waals surface area contributed by atoms with Gasteiger partial charge in [-0.2, -0.15) is 0 Å². The van der Waals surface area contributed by atoms with E-state index in [-0.39, 0.29) is 0 Å². The summed E-state index contributed by atoms with van der Waals surface area (Å²) in [4.78, 5) is 2.55. The van der Waals surface area contributed by atoms with Gasteiger partial charge < -0.3 is 5.32 Å². The van der Waals surface area contributed by atoms with Gasteiger partial charge in [0.05, 0.1) is 0 Å². The molecule has 1 saturated heterocycles. The topological polar surface area (TPSA) is 15.3 Å². The van der Waals surface area contributed by atoms with Crippen molar-refractivity contribution in [2.24, 2.45) is 11.8 Å². The normalized spacial score (nSPS) is 18.2. The van der Waals surface area contributed by atoms with Gasteiger partial charge in [-0.3, -0.25) is 4.90 Å². The predicted molar refractivity (Wildman–Crippen MR) is 85.3 cm³/mol. The van der Waals surface area contributed by atoms with E-state index >= 15 is 0 Å². The summed E-state index contributed by atoms with van der Waals surface area (Å²) in [5.74, 6) is 1.84. The molecule has 1 fully saturated rings. The van der Waals surface area contributed by atoms with E-state index in [9.17, 15) is 0 Å². The van der Waals surface area contributed by atoms with Crippen LogP contribution in [0.1, 0.15) is 59.8 Å². The van der Waals surface area contributed by atoms with E-state index in [0.29, 0.717) is 6.04 Å². The summed E-state index contributed by atoms with van der Waals surface area (Å²) in [5, 5.41) is 3.41. The van der Waals surface area contributed by atoms with Crippen molar-refractivity contribution >= 4 is 0 Å². The van der Waals surface area contributed by atoms with Crippen molar-refractivity contribution in [1.29, 1.82) is 0 Å². The first-order chi connectivity index (χ1) is 8.97. The van der Waals surface area contributed by atoms with Crippen LogP contribution in [0.25, 0.3) is 0 Å². The zero-order valence-corrected chi connectivity index (χ0v) is 13.5. The molecule has 1 aliphatic heterocycles. The van der Waals surface area contributed by atoms with Gasteiger partial charge in [-0.05, 0) is 51.6 Å². The average molecular weight is 266 g/mol. The predicted octanol–water partition coefficient (Wildman–Crippen LogP) is 4.04. The number of nitrogens with zero attached hydrogens (tertiary/aromatic N) is 1. The lowest BCUT2D eigenvalue weighted by molar-refractivity contribution is 0.185. The van der Waals surface area contributed by atoms with Crippen molar-refractivity contribution in [2.75, 3.05) is 19.6 Å². The molecule has 0 spiro atoms. The molecule has 0 amide bonds. The van der Waals surface area contributed by atoms with Crippen LogP contribution in [0.3, 0.4) is 0 Å². The Bertz CT molecular complexity index is 250. The fourth-order valence-electron chi connectivity index (χ4n) is 2.97. The third-order valence-electron chi connectivity index (χ3n) is 4.01. The Kier molecular flexibility index (Phi) is 7.52. The molecule has 0 atom stereocenters. The summed E-state index contributed by atoms with van der Waals surface area (Å²) in [6.07, 6.45) is 7.02. The maximum Gasteiger partial charge on any atom is 0.0375 e. The Morgan fingerprint density at radius 2 is 1.84 bits per heavy atom. The first kappa shape index (κ1) is 16.6. The molecule has 112 valence electrons. The number of rotatable bonds is 8. The largest absolute Gasteiger partial charge is 0.386 e. The van der Waals surface area contributed by atoms with Crippen LogP contribution in [-0.2, 0) is 0 Å². The van der Waals surface area contributed by atoms with E-state index in [1.54, 1.807) is 0 Å². The van der Waals surface area contributed by atoms with Crippen LogP contribution in [0.4, 0.5) is 0 Å². The summed E-state index contributed by atoms with van der Waals surface area (Å²) in [5.41, 5.74) is 1.17. The van der Waals surface area contributed by atoms with Gasteiger partial charge in [0, 0.05) is 18.3 Å². The molecule has 2 heteroatoms. The summed E-state index contributed by atoms with van der Waals surface area (Å²) in [6.45, 7) is 16.7. The van der Waals surface area contributed by atoms with Crippen LogP contribution in [0.2, 0.25) is 0 Å². The van der Waals surface area contributed by atoms with E-state index in [2.05, 4.69) is 44.5 Å². The second-order valence-corrected chi connectivity index (χ2v) is 6.95. The number of nitrogens with one attached hydrogen (secondary N) is 1. The summed E-state index contributed by atoms with van der Waals surface area (Å²) >= 11 is 0. The Balaban J connectivity index is 2.13. The van der Waals surface area contributed by atoms with Crippen LogP contribution >= 0.6 is 0 Å². The van der Waals surface area contributed by atoms with Gasteiger partial charge in [-0.1, -0.05) is 39.7 Å². The van der Waals surface area contributed by atoms with Gasteiger partial charge in [0.25, 0.3) is 0 Å². The van der Waals surface area contributed by atoms with Crippen LogP contribution in [0.5, 0.6) is 0 Å². The monoisotopic (exact) mass is 266 g/mol. The molecule has 0 saturated carbocycles. The molecule has 0 radical (unpaired) electrons. The zero-order chi connectivity index (χ0) is 14.3. The molecule has 1 heterocycles. The van der Waals surface area contributed by atoms with E-state index in [1.165, 1.54) is 50.9 Å². The highest BCUT2D eigenvalue weighted by Crippen LogP contribution is 2.23. The highest BCUT2D eigenvalue weighted by molar-refractivity contribution is 4.96. The molecule has 0 aromatic carbocycles.